The van der Waals surface area contributed by atoms with Gasteiger partial charge in [0.25, 0.3) is 11.2 Å². The number of anilines is 1. The summed E-state index contributed by atoms with van der Waals surface area (Å²) in [6.07, 6.45) is 0. The third kappa shape index (κ3) is 5.28. The smallest absolute Gasteiger partial charge is 0.270 e. The summed E-state index contributed by atoms with van der Waals surface area (Å²) in [4.78, 5) is 41.4. The van der Waals surface area contributed by atoms with Crippen LogP contribution >= 0.6 is 27.7 Å². The Morgan fingerprint density at radius 1 is 1.14 bits per heavy atom. The first-order valence-corrected chi connectivity index (χ1v) is 12.5. The average Bonchev–Trinajstić information content (AvgIpc) is 2.84. The van der Waals surface area contributed by atoms with E-state index < -0.39 is 4.92 Å². The van der Waals surface area contributed by atoms with E-state index in [0.717, 1.165) is 23.0 Å². The molecule has 0 saturated heterocycles. The number of non-ortho nitro benzene ring substituents is 1. The molecule has 0 unspecified atom stereocenters. The lowest BCUT2D eigenvalue weighted by molar-refractivity contribution is -0.384. The maximum absolute atomic E-state index is 13.5. The summed E-state index contributed by atoms with van der Waals surface area (Å²) in [5.74, 6) is -0.182. The van der Waals surface area contributed by atoms with E-state index in [2.05, 4.69) is 35.1 Å². The first kappa shape index (κ1) is 24.6. The first-order chi connectivity index (χ1) is 16.8. The van der Waals surface area contributed by atoms with Gasteiger partial charge in [-0.1, -0.05) is 55.9 Å². The molecule has 4 aromatic rings. The molecule has 35 heavy (non-hydrogen) atoms. The average molecular weight is 553 g/mol. The summed E-state index contributed by atoms with van der Waals surface area (Å²) in [5, 5.41) is 14.6. The van der Waals surface area contributed by atoms with E-state index in [4.69, 9.17) is 4.98 Å². The van der Waals surface area contributed by atoms with Crippen LogP contribution in [0.2, 0.25) is 0 Å². The number of benzene rings is 3. The Bertz CT molecular complexity index is 1500. The van der Waals surface area contributed by atoms with Gasteiger partial charge in [0.1, 0.15) is 0 Å². The molecule has 0 saturated carbocycles. The number of hydrogen-bond acceptors (Lipinski definition) is 6. The van der Waals surface area contributed by atoms with Gasteiger partial charge in [-0.2, -0.15) is 0 Å². The number of hydrogen-bond donors (Lipinski definition) is 1. The zero-order chi connectivity index (χ0) is 25.1. The summed E-state index contributed by atoms with van der Waals surface area (Å²) in [6, 6.07) is 18.9. The molecule has 0 spiro atoms. The van der Waals surface area contributed by atoms with Gasteiger partial charge in [-0.15, -0.1) is 0 Å². The monoisotopic (exact) mass is 552 g/mol. The Morgan fingerprint density at radius 3 is 2.57 bits per heavy atom. The topological polar surface area (TPSA) is 107 Å². The fraction of sp³-hybridized carbons (Fsp3) is 0.160. The first-order valence-electron chi connectivity index (χ1n) is 10.7. The molecule has 0 aliphatic heterocycles. The van der Waals surface area contributed by atoms with E-state index >= 15 is 0 Å². The van der Waals surface area contributed by atoms with Gasteiger partial charge in [-0.25, -0.2) is 4.98 Å². The molecule has 1 heterocycles. The molecule has 0 bridgehead atoms. The summed E-state index contributed by atoms with van der Waals surface area (Å²) < 4.78 is 1.97. The minimum absolute atomic E-state index is 0.0158. The van der Waals surface area contributed by atoms with Crippen LogP contribution in [0.1, 0.15) is 25.3 Å². The second-order valence-corrected chi connectivity index (χ2v) is 9.82. The summed E-state index contributed by atoms with van der Waals surface area (Å²) >= 11 is 4.41. The Kier molecular flexibility index (Phi) is 7.32. The van der Waals surface area contributed by atoms with Crippen molar-refractivity contribution in [1.29, 1.82) is 0 Å². The Balaban J connectivity index is 1.68. The molecule has 178 valence electrons. The van der Waals surface area contributed by atoms with Gasteiger partial charge in [0.2, 0.25) is 5.91 Å². The predicted octanol–water partition coefficient (Wildman–Crippen LogP) is 5.91. The molecule has 1 N–H and O–H groups in total. The van der Waals surface area contributed by atoms with Crippen molar-refractivity contribution >= 4 is 55.9 Å². The SMILES string of the molecule is CC(C)c1ccccc1-n1c(SCC(=O)Nc2ccc([N+](=O)[O-])cc2Br)nc2ccccc2c1=O. The molecule has 0 radical (unpaired) electrons. The molecule has 0 fully saturated rings. The second-order valence-electron chi connectivity index (χ2n) is 8.02. The molecular weight excluding hydrogens is 532 g/mol. The van der Waals surface area contributed by atoms with E-state index in [0.29, 0.717) is 26.2 Å². The normalized spacial score (nSPS) is 11.1. The highest BCUT2D eigenvalue weighted by Crippen LogP contribution is 2.29. The number of nitro benzene ring substituents is 1. The van der Waals surface area contributed by atoms with Gasteiger partial charge in [0.05, 0.1) is 33.0 Å². The highest BCUT2D eigenvalue weighted by Gasteiger charge is 2.18. The lowest BCUT2D eigenvalue weighted by Crippen LogP contribution is -2.24. The zero-order valence-electron chi connectivity index (χ0n) is 18.9. The zero-order valence-corrected chi connectivity index (χ0v) is 21.3. The Hall–Kier alpha value is -3.50. The van der Waals surface area contributed by atoms with E-state index in [1.807, 2.05) is 30.3 Å². The van der Waals surface area contributed by atoms with Crippen molar-refractivity contribution < 1.29 is 9.72 Å². The quantitative estimate of drug-likeness (QED) is 0.132. The third-order valence-electron chi connectivity index (χ3n) is 5.31. The molecule has 0 atom stereocenters. The predicted molar refractivity (Wildman–Crippen MR) is 142 cm³/mol. The Labute approximate surface area is 213 Å². The number of carbonyl (C=O) groups is 1. The van der Waals surface area contributed by atoms with Crippen LogP contribution in [0, 0.1) is 10.1 Å². The van der Waals surface area contributed by atoms with Crippen LogP contribution in [0.4, 0.5) is 11.4 Å². The van der Waals surface area contributed by atoms with Crippen molar-refractivity contribution in [2.24, 2.45) is 0 Å². The number of nitrogens with zero attached hydrogens (tertiary/aromatic N) is 3. The minimum Gasteiger partial charge on any atom is -0.324 e. The summed E-state index contributed by atoms with van der Waals surface area (Å²) in [7, 11) is 0. The molecule has 3 aromatic carbocycles. The molecule has 1 aromatic heterocycles. The van der Waals surface area contributed by atoms with Gasteiger partial charge < -0.3 is 5.32 Å². The number of aromatic nitrogens is 2. The molecule has 1 amide bonds. The lowest BCUT2D eigenvalue weighted by atomic mass is 10.0. The number of nitrogens with one attached hydrogen (secondary N) is 1. The number of nitro groups is 1. The van der Waals surface area contributed by atoms with E-state index in [1.54, 1.807) is 22.8 Å². The largest absolute Gasteiger partial charge is 0.324 e. The Morgan fingerprint density at radius 2 is 1.86 bits per heavy atom. The van der Waals surface area contributed by atoms with Gasteiger partial charge in [0.15, 0.2) is 5.16 Å². The second kappa shape index (κ2) is 10.4. The van der Waals surface area contributed by atoms with Crippen LogP contribution < -0.4 is 10.9 Å². The van der Waals surface area contributed by atoms with Gasteiger partial charge in [-0.05, 0) is 51.7 Å². The molecule has 10 heteroatoms. The number of carbonyl (C=O) groups excluding carboxylic acids is 1. The maximum atomic E-state index is 13.5. The van der Waals surface area contributed by atoms with E-state index in [1.165, 1.54) is 18.2 Å². The van der Waals surface area contributed by atoms with E-state index in [9.17, 15) is 19.7 Å². The number of halogens is 1. The maximum Gasteiger partial charge on any atom is 0.270 e. The van der Waals surface area contributed by atoms with Gasteiger partial charge >= 0.3 is 0 Å². The van der Waals surface area contributed by atoms with Crippen molar-refractivity contribution in [1.82, 2.24) is 9.55 Å². The van der Waals surface area contributed by atoms with Crippen LogP contribution in [0.25, 0.3) is 16.6 Å². The lowest BCUT2D eigenvalue weighted by Gasteiger charge is -2.18. The van der Waals surface area contributed by atoms with Crippen LogP contribution in [-0.4, -0.2) is 26.1 Å². The molecule has 0 aliphatic carbocycles. The van der Waals surface area contributed by atoms with Crippen LogP contribution in [0.3, 0.4) is 0 Å². The van der Waals surface area contributed by atoms with Crippen LogP contribution in [0.5, 0.6) is 0 Å². The van der Waals surface area contributed by atoms with Crippen LogP contribution in [0.15, 0.2) is 81.2 Å². The minimum atomic E-state index is -0.508. The molecular formula is C25H21BrN4O4S. The van der Waals surface area contributed by atoms with Gasteiger partial charge in [0, 0.05) is 16.6 Å². The molecule has 0 aliphatic rings. The van der Waals surface area contributed by atoms with Gasteiger partial charge in [-0.3, -0.25) is 24.3 Å². The number of para-hydroxylation sites is 2. The van der Waals surface area contributed by atoms with Crippen molar-refractivity contribution in [3.05, 3.63) is 97.2 Å². The van der Waals surface area contributed by atoms with Crippen molar-refractivity contribution in [3.8, 4) is 5.69 Å². The van der Waals surface area contributed by atoms with E-state index in [-0.39, 0.29) is 28.8 Å². The van der Waals surface area contributed by atoms with Crippen molar-refractivity contribution in [2.45, 2.75) is 24.9 Å². The number of amides is 1. The molecule has 8 nitrogen and oxygen atoms in total. The highest BCUT2D eigenvalue weighted by atomic mass is 79.9. The van der Waals surface area contributed by atoms with Crippen molar-refractivity contribution in [2.75, 3.05) is 11.1 Å². The highest BCUT2D eigenvalue weighted by molar-refractivity contribution is 9.10. The standard InChI is InChI=1S/C25H21BrN4O4S/c1-15(2)17-7-4-6-10-22(17)29-24(32)18-8-3-5-9-20(18)28-25(29)35-14-23(31)27-21-12-11-16(30(33)34)13-19(21)26/h3-13,15H,14H2,1-2H3,(H,27,31). The summed E-state index contributed by atoms with van der Waals surface area (Å²) in [5.41, 5.74) is 2.40. The number of fused-ring (bicyclic) bond motifs is 1. The third-order valence-corrected chi connectivity index (χ3v) is 6.91. The van der Waals surface area contributed by atoms with Crippen molar-refractivity contribution in [3.63, 3.8) is 0 Å². The fourth-order valence-corrected chi connectivity index (χ4v) is 4.91. The number of rotatable bonds is 7. The fourth-order valence-electron chi connectivity index (χ4n) is 3.64. The van der Waals surface area contributed by atoms with Crippen LogP contribution in [-0.2, 0) is 4.79 Å². The number of thioether (sulfide) groups is 1. The summed E-state index contributed by atoms with van der Waals surface area (Å²) in [6.45, 7) is 4.11. The molecule has 4 rings (SSSR count).